The van der Waals surface area contributed by atoms with E-state index in [-0.39, 0.29) is 5.41 Å². The van der Waals surface area contributed by atoms with Gasteiger partial charge in [0.2, 0.25) is 0 Å². The fraction of sp³-hybridized carbons (Fsp3) is 0.667. The molecule has 0 unspecified atom stereocenters. The van der Waals surface area contributed by atoms with E-state index in [4.69, 9.17) is 4.74 Å². The molecular formula is C15H24N2O. The lowest BCUT2D eigenvalue weighted by Gasteiger charge is -2.26. The number of rotatable bonds is 3. The Bertz CT molecular complexity index is 380. The Morgan fingerprint density at radius 2 is 2.17 bits per heavy atom. The highest BCUT2D eigenvalue weighted by Gasteiger charge is 2.25. The molecule has 0 radical (unpaired) electrons. The average Bonchev–Trinajstić information content (AvgIpc) is 2.77. The monoisotopic (exact) mass is 248 g/mol. The van der Waals surface area contributed by atoms with Gasteiger partial charge in [0.1, 0.15) is 5.82 Å². The Labute approximate surface area is 110 Å². The molecule has 1 atom stereocenters. The number of pyridine rings is 1. The van der Waals surface area contributed by atoms with Crippen LogP contribution < -0.4 is 4.90 Å². The minimum atomic E-state index is 0.169. The molecule has 0 aromatic carbocycles. The Morgan fingerprint density at radius 3 is 2.72 bits per heavy atom. The van der Waals surface area contributed by atoms with Gasteiger partial charge in [0.05, 0.1) is 12.6 Å². The van der Waals surface area contributed by atoms with E-state index in [1.807, 2.05) is 6.20 Å². The Hall–Kier alpha value is -1.09. The van der Waals surface area contributed by atoms with Crippen molar-refractivity contribution in [2.24, 2.45) is 0 Å². The van der Waals surface area contributed by atoms with E-state index in [1.165, 1.54) is 18.4 Å². The molecule has 0 amide bonds. The smallest absolute Gasteiger partial charge is 0.128 e. The fourth-order valence-corrected chi connectivity index (χ4v) is 2.50. The lowest BCUT2D eigenvalue weighted by atomic mass is 9.88. The van der Waals surface area contributed by atoms with E-state index in [2.05, 4.69) is 42.8 Å². The van der Waals surface area contributed by atoms with Crippen LogP contribution in [0.25, 0.3) is 0 Å². The third kappa shape index (κ3) is 2.83. The van der Waals surface area contributed by atoms with Crippen LogP contribution >= 0.6 is 0 Å². The molecule has 0 aliphatic carbocycles. The van der Waals surface area contributed by atoms with Crippen LogP contribution in [0.2, 0.25) is 0 Å². The van der Waals surface area contributed by atoms with Crippen molar-refractivity contribution in [1.29, 1.82) is 0 Å². The Kier molecular flexibility index (Phi) is 3.91. The van der Waals surface area contributed by atoms with Crippen molar-refractivity contribution in [3.8, 4) is 0 Å². The van der Waals surface area contributed by atoms with Crippen molar-refractivity contribution in [3.63, 3.8) is 0 Å². The molecule has 1 aromatic rings. The first-order valence-electron chi connectivity index (χ1n) is 6.74. The Balaban J connectivity index is 2.14. The number of methoxy groups -OCH3 is 1. The second-order valence-electron chi connectivity index (χ2n) is 6.10. The van der Waals surface area contributed by atoms with Crippen LogP contribution in [-0.4, -0.2) is 31.3 Å². The number of hydrogen-bond acceptors (Lipinski definition) is 3. The number of hydrogen-bond donors (Lipinski definition) is 0. The van der Waals surface area contributed by atoms with Gasteiger partial charge in [0.15, 0.2) is 0 Å². The molecule has 0 saturated carbocycles. The van der Waals surface area contributed by atoms with Crippen molar-refractivity contribution >= 4 is 5.82 Å². The lowest BCUT2D eigenvalue weighted by molar-refractivity contribution is 0.180. The van der Waals surface area contributed by atoms with Crippen LogP contribution in [0.3, 0.4) is 0 Å². The molecule has 18 heavy (non-hydrogen) atoms. The van der Waals surface area contributed by atoms with Crippen LogP contribution in [0.1, 0.15) is 39.2 Å². The molecule has 2 heterocycles. The average molecular weight is 248 g/mol. The Morgan fingerprint density at radius 1 is 1.39 bits per heavy atom. The summed E-state index contributed by atoms with van der Waals surface area (Å²) in [7, 11) is 1.77. The van der Waals surface area contributed by atoms with Gasteiger partial charge in [-0.2, -0.15) is 0 Å². The van der Waals surface area contributed by atoms with E-state index >= 15 is 0 Å². The number of anilines is 1. The molecule has 2 rings (SSSR count). The molecule has 0 bridgehead atoms. The summed E-state index contributed by atoms with van der Waals surface area (Å²) in [4.78, 5) is 7.00. The zero-order valence-corrected chi connectivity index (χ0v) is 11.9. The van der Waals surface area contributed by atoms with Gasteiger partial charge in [-0.3, -0.25) is 0 Å². The van der Waals surface area contributed by atoms with Gasteiger partial charge in [-0.25, -0.2) is 4.98 Å². The predicted molar refractivity (Wildman–Crippen MR) is 75.2 cm³/mol. The zero-order chi connectivity index (χ0) is 13.2. The third-order valence-electron chi connectivity index (χ3n) is 3.64. The molecule has 0 N–H and O–H groups in total. The van der Waals surface area contributed by atoms with E-state index in [0.29, 0.717) is 6.04 Å². The number of aromatic nitrogens is 1. The number of ether oxygens (including phenoxy) is 1. The third-order valence-corrected chi connectivity index (χ3v) is 3.64. The largest absolute Gasteiger partial charge is 0.383 e. The van der Waals surface area contributed by atoms with Crippen molar-refractivity contribution in [1.82, 2.24) is 4.98 Å². The van der Waals surface area contributed by atoms with Gasteiger partial charge < -0.3 is 9.64 Å². The van der Waals surface area contributed by atoms with Crippen molar-refractivity contribution < 1.29 is 4.74 Å². The van der Waals surface area contributed by atoms with Crippen molar-refractivity contribution in [3.05, 3.63) is 23.9 Å². The minimum absolute atomic E-state index is 0.169. The van der Waals surface area contributed by atoms with Gasteiger partial charge in [-0.15, -0.1) is 0 Å². The van der Waals surface area contributed by atoms with Crippen LogP contribution in [-0.2, 0) is 10.2 Å². The molecule has 1 aromatic heterocycles. The highest BCUT2D eigenvalue weighted by molar-refractivity contribution is 5.42. The normalized spacial score (nSPS) is 20.4. The molecule has 3 heteroatoms. The van der Waals surface area contributed by atoms with E-state index < -0.39 is 0 Å². The van der Waals surface area contributed by atoms with Crippen LogP contribution in [0.5, 0.6) is 0 Å². The van der Waals surface area contributed by atoms with Crippen molar-refractivity contribution in [2.45, 2.75) is 45.1 Å². The maximum atomic E-state index is 5.29. The second-order valence-corrected chi connectivity index (χ2v) is 6.10. The first kappa shape index (κ1) is 13.3. The SMILES string of the molecule is COC[C@@H]1CCCN1c1ccc(C(C)(C)C)cn1. The molecule has 100 valence electrons. The van der Waals surface area contributed by atoms with Crippen LogP contribution in [0.4, 0.5) is 5.82 Å². The quantitative estimate of drug-likeness (QED) is 0.822. The first-order chi connectivity index (χ1) is 8.52. The first-order valence-corrected chi connectivity index (χ1v) is 6.74. The summed E-state index contributed by atoms with van der Waals surface area (Å²) < 4.78 is 5.29. The second kappa shape index (κ2) is 5.27. The standard InChI is InChI=1S/C15H24N2O/c1-15(2,3)12-7-8-14(16-10-12)17-9-5-6-13(17)11-18-4/h7-8,10,13H,5-6,9,11H2,1-4H3/t13-/m0/s1. The van der Waals surface area contributed by atoms with E-state index in [9.17, 15) is 0 Å². The van der Waals surface area contributed by atoms with Crippen LogP contribution in [0, 0.1) is 0 Å². The predicted octanol–water partition coefficient (Wildman–Crippen LogP) is 2.99. The molecule has 1 aliphatic rings. The highest BCUT2D eigenvalue weighted by Crippen LogP contribution is 2.27. The molecule has 1 fully saturated rings. The zero-order valence-electron chi connectivity index (χ0n) is 11.9. The van der Waals surface area contributed by atoms with E-state index in [0.717, 1.165) is 19.0 Å². The van der Waals surface area contributed by atoms with Gasteiger partial charge in [0, 0.05) is 19.9 Å². The van der Waals surface area contributed by atoms with Gasteiger partial charge in [-0.1, -0.05) is 26.8 Å². The van der Waals surface area contributed by atoms with Crippen LogP contribution in [0.15, 0.2) is 18.3 Å². The lowest BCUT2D eigenvalue weighted by Crippen LogP contribution is -2.33. The molecule has 0 spiro atoms. The van der Waals surface area contributed by atoms with Gasteiger partial charge in [0.25, 0.3) is 0 Å². The van der Waals surface area contributed by atoms with Gasteiger partial charge in [-0.05, 0) is 29.9 Å². The molecule has 1 saturated heterocycles. The van der Waals surface area contributed by atoms with E-state index in [1.54, 1.807) is 7.11 Å². The summed E-state index contributed by atoms with van der Waals surface area (Å²) in [6, 6.07) is 4.84. The van der Waals surface area contributed by atoms with Gasteiger partial charge >= 0.3 is 0 Å². The molecular weight excluding hydrogens is 224 g/mol. The maximum absolute atomic E-state index is 5.29. The maximum Gasteiger partial charge on any atom is 0.128 e. The molecule has 1 aliphatic heterocycles. The topological polar surface area (TPSA) is 25.4 Å². The summed E-state index contributed by atoms with van der Waals surface area (Å²) in [6.45, 7) is 8.53. The summed E-state index contributed by atoms with van der Waals surface area (Å²) in [5.41, 5.74) is 1.45. The molecule has 3 nitrogen and oxygen atoms in total. The summed E-state index contributed by atoms with van der Waals surface area (Å²) >= 11 is 0. The number of nitrogens with zero attached hydrogens (tertiary/aromatic N) is 2. The summed E-state index contributed by atoms with van der Waals surface area (Å²) in [5, 5.41) is 0. The highest BCUT2D eigenvalue weighted by atomic mass is 16.5. The summed E-state index contributed by atoms with van der Waals surface area (Å²) in [5.74, 6) is 1.09. The minimum Gasteiger partial charge on any atom is -0.383 e. The fourth-order valence-electron chi connectivity index (χ4n) is 2.50. The van der Waals surface area contributed by atoms with Crippen molar-refractivity contribution in [2.75, 3.05) is 25.2 Å². The summed E-state index contributed by atoms with van der Waals surface area (Å²) in [6.07, 6.45) is 4.45.